The molecular weight excluding hydrogens is 522 g/mol. The first-order chi connectivity index (χ1) is 17.6. The fraction of sp³-hybridized carbons (Fsp3) is 0.583. The molecule has 2 aliphatic heterocycles. The summed E-state index contributed by atoms with van der Waals surface area (Å²) >= 11 is 6.20. The van der Waals surface area contributed by atoms with Gasteiger partial charge >= 0.3 is 6.09 Å². The predicted octanol–water partition coefficient (Wildman–Crippen LogP) is 1.38. The number of carboxylic acid groups (broad SMARTS) is 1. The summed E-state index contributed by atoms with van der Waals surface area (Å²) in [6.07, 6.45) is 3.28. The minimum absolute atomic E-state index is 0.0487. The van der Waals surface area contributed by atoms with E-state index in [1.165, 1.54) is 21.9 Å². The lowest BCUT2D eigenvalue weighted by Crippen LogP contribution is -2.59. The van der Waals surface area contributed by atoms with Gasteiger partial charge in [0.15, 0.2) is 16.0 Å². The smallest absolute Gasteiger partial charge is 0.407 e. The molecule has 2 saturated carbocycles. The lowest BCUT2D eigenvalue weighted by atomic mass is 10.1. The van der Waals surface area contributed by atoms with Gasteiger partial charge in [0.05, 0.1) is 15.2 Å². The molecule has 198 valence electrons. The SMILES string of the molecule is N#CN(C(=O)[C@@H]1C[C@@H](S(=O)(=O)c2ccccc2Cl)CN1C(=O)C1(N2CCN(C(=O)O)CC2)CC1)C1CC1. The predicted molar refractivity (Wildman–Crippen MR) is 131 cm³/mol. The van der Waals surface area contributed by atoms with E-state index in [1.54, 1.807) is 12.1 Å². The summed E-state index contributed by atoms with van der Waals surface area (Å²) in [6, 6.07) is 4.80. The van der Waals surface area contributed by atoms with Gasteiger partial charge in [-0.15, -0.1) is 0 Å². The Bertz CT molecular complexity index is 1270. The average Bonchev–Trinajstić information content (AvgIpc) is 3.82. The number of likely N-dealkylation sites (tertiary alicyclic amines) is 1. The van der Waals surface area contributed by atoms with E-state index in [2.05, 4.69) is 0 Å². The standard InChI is InChI=1S/C24H28ClN5O6S/c25-18-3-1-2-4-20(18)37(35,36)17-13-19(21(31)30(15-26)16-5-6-16)29(14-17)22(32)24(7-8-24)28-11-9-27(10-12-28)23(33)34/h1-4,16-17,19H,5-14H2,(H,33,34)/t17-,19+/m1/s1. The number of hydrogen-bond donors (Lipinski definition) is 1. The maximum atomic E-state index is 14.0. The highest BCUT2D eigenvalue weighted by Gasteiger charge is 2.60. The third-order valence-corrected chi connectivity index (χ3v) is 10.6. The maximum Gasteiger partial charge on any atom is 0.407 e. The zero-order chi connectivity index (χ0) is 26.5. The number of nitrogens with zero attached hydrogens (tertiary/aromatic N) is 5. The van der Waals surface area contributed by atoms with E-state index in [1.807, 2.05) is 11.1 Å². The van der Waals surface area contributed by atoms with E-state index in [-0.39, 0.29) is 47.9 Å². The molecule has 0 bridgehead atoms. The van der Waals surface area contributed by atoms with E-state index in [4.69, 9.17) is 11.6 Å². The highest BCUT2D eigenvalue weighted by atomic mass is 35.5. The van der Waals surface area contributed by atoms with Crippen LogP contribution in [0.5, 0.6) is 0 Å². The summed E-state index contributed by atoms with van der Waals surface area (Å²) in [7, 11) is -3.97. The third kappa shape index (κ3) is 4.53. The summed E-state index contributed by atoms with van der Waals surface area (Å²) < 4.78 is 27.1. The molecule has 0 aromatic heterocycles. The number of carbonyl (C=O) groups is 3. The van der Waals surface area contributed by atoms with Crippen molar-refractivity contribution in [1.82, 2.24) is 19.6 Å². The molecule has 13 heteroatoms. The number of hydrogen-bond acceptors (Lipinski definition) is 7. The van der Waals surface area contributed by atoms with Crippen molar-refractivity contribution in [2.45, 2.75) is 59.9 Å². The fourth-order valence-electron chi connectivity index (χ4n) is 5.52. The van der Waals surface area contributed by atoms with Crippen LogP contribution in [-0.2, 0) is 19.4 Å². The molecule has 37 heavy (non-hydrogen) atoms. The van der Waals surface area contributed by atoms with Crippen LogP contribution in [0.4, 0.5) is 4.79 Å². The van der Waals surface area contributed by atoms with E-state index >= 15 is 0 Å². The van der Waals surface area contributed by atoms with Crippen LogP contribution in [0.1, 0.15) is 32.1 Å². The van der Waals surface area contributed by atoms with Crippen molar-refractivity contribution >= 4 is 39.3 Å². The molecule has 0 radical (unpaired) electrons. The molecule has 2 heterocycles. The van der Waals surface area contributed by atoms with Gasteiger partial charge in [-0.05, 0) is 44.2 Å². The van der Waals surface area contributed by atoms with E-state index in [0.29, 0.717) is 38.8 Å². The topological polar surface area (TPSA) is 142 Å². The number of carbonyl (C=O) groups excluding carboxylic acids is 2. The molecule has 0 unspecified atom stereocenters. The van der Waals surface area contributed by atoms with Crippen molar-refractivity contribution in [3.8, 4) is 6.19 Å². The molecule has 4 fully saturated rings. The molecule has 11 nitrogen and oxygen atoms in total. The second-order valence-electron chi connectivity index (χ2n) is 10.1. The second-order valence-corrected chi connectivity index (χ2v) is 12.7. The summed E-state index contributed by atoms with van der Waals surface area (Å²) in [5.74, 6) is -0.887. The first kappa shape index (κ1) is 25.8. The molecule has 2 saturated heterocycles. The van der Waals surface area contributed by atoms with Crippen LogP contribution in [0, 0.1) is 11.5 Å². The molecule has 2 aliphatic carbocycles. The number of amides is 3. The number of rotatable bonds is 6. The van der Waals surface area contributed by atoms with Gasteiger partial charge < -0.3 is 14.9 Å². The molecule has 1 aromatic carbocycles. The maximum absolute atomic E-state index is 14.0. The van der Waals surface area contributed by atoms with Crippen LogP contribution in [0.25, 0.3) is 0 Å². The van der Waals surface area contributed by atoms with E-state index in [0.717, 1.165) is 4.90 Å². The van der Waals surface area contributed by atoms with Gasteiger partial charge in [-0.3, -0.25) is 14.5 Å². The number of piperazine rings is 1. The van der Waals surface area contributed by atoms with Crippen LogP contribution in [0.15, 0.2) is 29.2 Å². The largest absolute Gasteiger partial charge is 0.465 e. The zero-order valence-electron chi connectivity index (χ0n) is 20.1. The van der Waals surface area contributed by atoms with Crippen LogP contribution < -0.4 is 0 Å². The fourth-order valence-corrected chi connectivity index (χ4v) is 7.73. The lowest BCUT2D eigenvalue weighted by Gasteiger charge is -2.40. The Labute approximate surface area is 220 Å². The molecule has 2 atom stereocenters. The van der Waals surface area contributed by atoms with Gasteiger partial charge in [-0.2, -0.15) is 5.26 Å². The minimum atomic E-state index is -3.97. The third-order valence-electron chi connectivity index (χ3n) is 7.93. The Kier molecular flexibility index (Phi) is 6.58. The van der Waals surface area contributed by atoms with Crippen molar-refractivity contribution in [3.63, 3.8) is 0 Å². The number of benzene rings is 1. The van der Waals surface area contributed by atoms with Gasteiger partial charge in [-0.1, -0.05) is 23.7 Å². The first-order valence-corrected chi connectivity index (χ1v) is 14.3. The van der Waals surface area contributed by atoms with Crippen molar-refractivity contribution in [1.29, 1.82) is 5.26 Å². The first-order valence-electron chi connectivity index (χ1n) is 12.4. The Morgan fingerprint density at radius 3 is 2.30 bits per heavy atom. The van der Waals surface area contributed by atoms with Gasteiger partial charge in [0.25, 0.3) is 5.91 Å². The van der Waals surface area contributed by atoms with Crippen LogP contribution >= 0.6 is 11.6 Å². The van der Waals surface area contributed by atoms with E-state index < -0.39 is 38.7 Å². The van der Waals surface area contributed by atoms with Gasteiger partial charge in [0, 0.05) is 38.8 Å². The molecule has 1 N–H and O–H groups in total. The molecule has 0 spiro atoms. The minimum Gasteiger partial charge on any atom is -0.465 e. The second kappa shape index (κ2) is 9.45. The van der Waals surface area contributed by atoms with Crippen LogP contribution in [-0.4, -0.2) is 107 Å². The molecule has 4 aliphatic rings. The number of nitriles is 1. The van der Waals surface area contributed by atoms with Crippen molar-refractivity contribution < 1.29 is 27.9 Å². The highest BCUT2D eigenvalue weighted by molar-refractivity contribution is 7.92. The van der Waals surface area contributed by atoms with Gasteiger partial charge in [0.1, 0.15) is 11.6 Å². The monoisotopic (exact) mass is 549 g/mol. The Morgan fingerprint density at radius 1 is 1.11 bits per heavy atom. The lowest BCUT2D eigenvalue weighted by molar-refractivity contribution is -0.147. The van der Waals surface area contributed by atoms with Crippen molar-refractivity contribution in [2.75, 3.05) is 32.7 Å². The Balaban J connectivity index is 1.43. The summed E-state index contributed by atoms with van der Waals surface area (Å²) in [5.41, 5.74) is -0.886. The molecule has 3 amide bonds. The Morgan fingerprint density at radius 2 is 1.76 bits per heavy atom. The highest BCUT2D eigenvalue weighted by Crippen LogP contribution is 2.46. The number of sulfone groups is 1. The van der Waals surface area contributed by atoms with Crippen LogP contribution in [0.3, 0.4) is 0 Å². The van der Waals surface area contributed by atoms with Crippen LogP contribution in [0.2, 0.25) is 5.02 Å². The summed E-state index contributed by atoms with van der Waals surface area (Å²) in [5, 5.41) is 17.9. The quantitative estimate of drug-likeness (QED) is 0.414. The molecular formula is C24H28ClN5O6S. The number of halogens is 1. The molecule has 5 rings (SSSR count). The van der Waals surface area contributed by atoms with Gasteiger partial charge in [-0.25, -0.2) is 18.1 Å². The summed E-state index contributed by atoms with van der Waals surface area (Å²) in [6.45, 7) is 1.10. The average molecular weight is 550 g/mol. The molecule has 1 aromatic rings. The normalized spacial score (nSPS) is 25.4. The Hall–Kier alpha value is -2.88. The summed E-state index contributed by atoms with van der Waals surface area (Å²) in [4.78, 5) is 44.5. The van der Waals surface area contributed by atoms with Crippen molar-refractivity contribution in [2.24, 2.45) is 0 Å². The zero-order valence-corrected chi connectivity index (χ0v) is 21.7. The van der Waals surface area contributed by atoms with Crippen molar-refractivity contribution in [3.05, 3.63) is 29.3 Å². The van der Waals surface area contributed by atoms with Gasteiger partial charge in [0.2, 0.25) is 5.91 Å². The van der Waals surface area contributed by atoms with E-state index in [9.17, 15) is 33.2 Å².